The van der Waals surface area contributed by atoms with Crippen molar-refractivity contribution in [1.82, 2.24) is 0 Å². The first-order valence-corrected chi connectivity index (χ1v) is 6.12. The molecule has 3 rings (SSSR count). The molecule has 18 heavy (non-hydrogen) atoms. The summed E-state index contributed by atoms with van der Waals surface area (Å²) in [5.74, 6) is 0.940. The molecular formula is C16H13NO. The highest BCUT2D eigenvalue weighted by Gasteiger charge is 2.23. The highest BCUT2D eigenvalue weighted by molar-refractivity contribution is 5.64. The van der Waals surface area contributed by atoms with E-state index in [1.165, 1.54) is 12.8 Å². The van der Waals surface area contributed by atoms with Gasteiger partial charge >= 0.3 is 0 Å². The van der Waals surface area contributed by atoms with Gasteiger partial charge in [0.2, 0.25) is 0 Å². The molecule has 2 nitrogen and oxygen atoms in total. The third-order valence-corrected chi connectivity index (χ3v) is 3.03. The maximum Gasteiger partial charge on any atom is 0.119 e. The van der Waals surface area contributed by atoms with E-state index in [9.17, 15) is 0 Å². The molecule has 2 aromatic carbocycles. The number of hydrogen-bond acceptors (Lipinski definition) is 2. The van der Waals surface area contributed by atoms with E-state index in [-0.39, 0.29) is 0 Å². The van der Waals surface area contributed by atoms with E-state index >= 15 is 0 Å². The van der Waals surface area contributed by atoms with E-state index in [4.69, 9.17) is 10.00 Å². The van der Waals surface area contributed by atoms with Gasteiger partial charge in [0.1, 0.15) is 5.75 Å². The molecule has 0 aliphatic heterocycles. The van der Waals surface area contributed by atoms with Crippen molar-refractivity contribution >= 4 is 0 Å². The molecule has 0 N–H and O–H groups in total. The molecule has 0 saturated heterocycles. The van der Waals surface area contributed by atoms with Gasteiger partial charge < -0.3 is 4.74 Å². The van der Waals surface area contributed by atoms with E-state index < -0.39 is 0 Å². The van der Waals surface area contributed by atoms with E-state index in [2.05, 4.69) is 18.2 Å². The van der Waals surface area contributed by atoms with Crippen molar-refractivity contribution in [2.75, 3.05) is 0 Å². The molecule has 2 heteroatoms. The van der Waals surface area contributed by atoms with Crippen molar-refractivity contribution in [3.63, 3.8) is 0 Å². The summed E-state index contributed by atoms with van der Waals surface area (Å²) in [4.78, 5) is 0. The average Bonchev–Trinajstić information content (AvgIpc) is 3.24. The predicted octanol–water partition coefficient (Wildman–Crippen LogP) is 3.77. The molecule has 1 aliphatic carbocycles. The quantitative estimate of drug-likeness (QED) is 0.811. The molecule has 1 fully saturated rings. The van der Waals surface area contributed by atoms with Crippen LogP contribution in [0.2, 0.25) is 0 Å². The fraction of sp³-hybridized carbons (Fsp3) is 0.188. The van der Waals surface area contributed by atoms with Crippen molar-refractivity contribution in [2.45, 2.75) is 18.9 Å². The molecular weight excluding hydrogens is 222 g/mol. The molecule has 0 amide bonds. The minimum atomic E-state index is 0.436. The molecule has 0 unspecified atom stereocenters. The van der Waals surface area contributed by atoms with Crippen LogP contribution in [0.4, 0.5) is 0 Å². The van der Waals surface area contributed by atoms with E-state index in [0.717, 1.165) is 16.9 Å². The second-order valence-electron chi connectivity index (χ2n) is 4.53. The van der Waals surface area contributed by atoms with Gasteiger partial charge in [-0.1, -0.05) is 24.3 Å². The minimum absolute atomic E-state index is 0.436. The lowest BCUT2D eigenvalue weighted by atomic mass is 10.0. The van der Waals surface area contributed by atoms with Gasteiger partial charge in [0, 0.05) is 0 Å². The lowest BCUT2D eigenvalue weighted by molar-refractivity contribution is 0.303. The highest BCUT2D eigenvalue weighted by atomic mass is 16.5. The van der Waals surface area contributed by atoms with Gasteiger partial charge in [0.25, 0.3) is 0 Å². The Labute approximate surface area is 106 Å². The minimum Gasteiger partial charge on any atom is -0.490 e. The normalized spacial score (nSPS) is 13.9. The summed E-state index contributed by atoms with van der Waals surface area (Å²) in [6.07, 6.45) is 2.79. The smallest absolute Gasteiger partial charge is 0.119 e. The maximum atomic E-state index is 8.76. The summed E-state index contributed by atoms with van der Waals surface area (Å²) in [5, 5.41) is 8.76. The number of rotatable bonds is 3. The van der Waals surface area contributed by atoms with Crippen LogP contribution in [0.5, 0.6) is 5.75 Å². The van der Waals surface area contributed by atoms with Crippen molar-refractivity contribution in [3.05, 3.63) is 54.1 Å². The van der Waals surface area contributed by atoms with Gasteiger partial charge in [-0.2, -0.15) is 5.26 Å². The van der Waals surface area contributed by atoms with Crippen LogP contribution < -0.4 is 4.74 Å². The summed E-state index contributed by atoms with van der Waals surface area (Å²) >= 11 is 0. The Kier molecular flexibility index (Phi) is 2.74. The Bertz CT molecular complexity index is 574. The first-order chi connectivity index (χ1) is 8.85. The zero-order valence-electron chi connectivity index (χ0n) is 9.97. The van der Waals surface area contributed by atoms with E-state index in [1.54, 1.807) is 0 Å². The van der Waals surface area contributed by atoms with Crippen LogP contribution in [0, 0.1) is 11.3 Å². The molecule has 1 aliphatic rings. The Hall–Kier alpha value is -2.27. The Balaban J connectivity index is 1.80. The van der Waals surface area contributed by atoms with Gasteiger partial charge in [-0.15, -0.1) is 0 Å². The standard InChI is InChI=1S/C16H13NO/c17-11-12-1-3-13(4-2-12)14-5-7-15(8-6-14)18-16-9-10-16/h1-8,16H,9-10H2. The monoisotopic (exact) mass is 235 g/mol. The largest absolute Gasteiger partial charge is 0.490 e. The topological polar surface area (TPSA) is 33.0 Å². The summed E-state index contributed by atoms with van der Waals surface area (Å²) in [5.41, 5.74) is 2.95. The lowest BCUT2D eigenvalue weighted by Gasteiger charge is -2.06. The van der Waals surface area contributed by atoms with Crippen LogP contribution in [0.15, 0.2) is 48.5 Å². The second kappa shape index (κ2) is 4.54. The first-order valence-electron chi connectivity index (χ1n) is 6.12. The van der Waals surface area contributed by atoms with Gasteiger partial charge in [0.05, 0.1) is 17.7 Å². The lowest BCUT2D eigenvalue weighted by Crippen LogP contribution is -1.95. The maximum absolute atomic E-state index is 8.76. The fourth-order valence-electron chi connectivity index (χ4n) is 1.84. The fourth-order valence-corrected chi connectivity index (χ4v) is 1.84. The zero-order chi connectivity index (χ0) is 12.4. The third-order valence-electron chi connectivity index (χ3n) is 3.03. The molecule has 0 atom stereocenters. The van der Waals surface area contributed by atoms with Crippen molar-refractivity contribution in [1.29, 1.82) is 5.26 Å². The summed E-state index contributed by atoms with van der Waals surface area (Å²) in [6, 6.07) is 17.9. The van der Waals surface area contributed by atoms with Gasteiger partial charge in [-0.05, 0) is 48.2 Å². The number of nitriles is 1. The van der Waals surface area contributed by atoms with Gasteiger partial charge in [0.15, 0.2) is 0 Å². The predicted molar refractivity (Wildman–Crippen MR) is 70.2 cm³/mol. The Morgan fingerprint density at radius 2 is 1.44 bits per heavy atom. The van der Waals surface area contributed by atoms with E-state index in [0.29, 0.717) is 11.7 Å². The third kappa shape index (κ3) is 2.36. The van der Waals surface area contributed by atoms with Crippen molar-refractivity contribution < 1.29 is 4.74 Å². The molecule has 2 aromatic rings. The molecule has 88 valence electrons. The van der Waals surface area contributed by atoms with Crippen LogP contribution in [0.3, 0.4) is 0 Å². The van der Waals surface area contributed by atoms with E-state index in [1.807, 2.05) is 36.4 Å². The molecule has 1 saturated carbocycles. The average molecular weight is 235 g/mol. The van der Waals surface area contributed by atoms with Gasteiger partial charge in [-0.25, -0.2) is 0 Å². The summed E-state index contributed by atoms with van der Waals surface area (Å²) in [6.45, 7) is 0. The van der Waals surface area contributed by atoms with Crippen LogP contribution in [0.25, 0.3) is 11.1 Å². The Morgan fingerprint density at radius 3 is 1.94 bits per heavy atom. The molecule has 0 bridgehead atoms. The number of ether oxygens (including phenoxy) is 1. The zero-order valence-corrected chi connectivity index (χ0v) is 9.97. The molecule has 0 heterocycles. The van der Waals surface area contributed by atoms with Crippen LogP contribution in [-0.4, -0.2) is 6.10 Å². The SMILES string of the molecule is N#Cc1ccc(-c2ccc(OC3CC3)cc2)cc1. The number of nitrogens with zero attached hydrogens (tertiary/aromatic N) is 1. The second-order valence-corrected chi connectivity index (χ2v) is 4.53. The van der Waals surface area contributed by atoms with Gasteiger partial charge in [-0.3, -0.25) is 0 Å². The summed E-state index contributed by atoms with van der Waals surface area (Å²) < 4.78 is 5.71. The number of benzene rings is 2. The summed E-state index contributed by atoms with van der Waals surface area (Å²) in [7, 11) is 0. The highest BCUT2D eigenvalue weighted by Crippen LogP contribution is 2.28. The molecule has 0 spiro atoms. The van der Waals surface area contributed by atoms with Crippen LogP contribution in [0.1, 0.15) is 18.4 Å². The molecule has 0 radical (unpaired) electrons. The van der Waals surface area contributed by atoms with Crippen LogP contribution in [-0.2, 0) is 0 Å². The Morgan fingerprint density at radius 1 is 0.889 bits per heavy atom. The van der Waals surface area contributed by atoms with Crippen LogP contribution >= 0.6 is 0 Å². The molecule has 0 aromatic heterocycles. The van der Waals surface area contributed by atoms with Crippen molar-refractivity contribution in [3.8, 4) is 22.9 Å². The first kappa shape index (κ1) is 10.9. The van der Waals surface area contributed by atoms with Crippen molar-refractivity contribution in [2.24, 2.45) is 0 Å². The number of hydrogen-bond donors (Lipinski definition) is 0.